The van der Waals surface area contributed by atoms with Crippen LogP contribution in [0.1, 0.15) is 17.0 Å². The minimum atomic E-state index is -6.87. The number of benzene rings is 1. The molecule has 0 fully saturated rings. The SMILES string of the molecule is FC(F)(F)c1cccc(C(C(F)(F)C(F)(F)F)C(F)(F)C(F)(F)F)c1. The zero-order valence-corrected chi connectivity index (χ0v) is 11.3. The van der Waals surface area contributed by atoms with Gasteiger partial charge in [-0.15, -0.1) is 0 Å². The van der Waals surface area contributed by atoms with Gasteiger partial charge in [0.2, 0.25) is 0 Å². The van der Waals surface area contributed by atoms with Gasteiger partial charge < -0.3 is 0 Å². The molecule has 0 amide bonds. The van der Waals surface area contributed by atoms with Crippen LogP contribution in [-0.4, -0.2) is 24.2 Å². The van der Waals surface area contributed by atoms with Gasteiger partial charge in [-0.25, -0.2) is 0 Å². The Bertz CT molecular complexity index is 579. The van der Waals surface area contributed by atoms with E-state index in [1.807, 2.05) is 0 Å². The predicted molar refractivity (Wildman–Crippen MR) is 56.2 cm³/mol. The van der Waals surface area contributed by atoms with Crippen molar-refractivity contribution >= 4 is 0 Å². The fourth-order valence-corrected chi connectivity index (χ4v) is 1.87. The molecule has 0 N–H and O–H groups in total. The standard InChI is InChI=1S/C12H5F13/c13-8(14,11(20,21)22)7(9(15,16)12(23,24)25)5-2-1-3-6(4-5)10(17,18)19/h1-4,7H. The first-order valence-corrected chi connectivity index (χ1v) is 5.89. The van der Waals surface area contributed by atoms with E-state index < -0.39 is 53.5 Å². The van der Waals surface area contributed by atoms with Gasteiger partial charge in [-0.2, -0.15) is 57.1 Å². The van der Waals surface area contributed by atoms with Gasteiger partial charge in [0.05, 0.1) is 5.56 Å². The van der Waals surface area contributed by atoms with Crippen LogP contribution in [0.25, 0.3) is 0 Å². The first-order valence-electron chi connectivity index (χ1n) is 5.89. The molecule has 1 aromatic rings. The highest BCUT2D eigenvalue weighted by Gasteiger charge is 2.76. The molecule has 1 aromatic carbocycles. The van der Waals surface area contributed by atoms with E-state index in [0.29, 0.717) is 0 Å². The lowest BCUT2D eigenvalue weighted by Crippen LogP contribution is -2.54. The van der Waals surface area contributed by atoms with Crippen molar-refractivity contribution in [2.24, 2.45) is 0 Å². The van der Waals surface area contributed by atoms with Gasteiger partial charge in [-0.3, -0.25) is 0 Å². The molecule has 0 unspecified atom stereocenters. The van der Waals surface area contributed by atoms with Crippen molar-refractivity contribution in [1.29, 1.82) is 0 Å². The fraction of sp³-hybridized carbons (Fsp3) is 0.500. The minimum absolute atomic E-state index is 0.0980. The maximum absolute atomic E-state index is 13.3. The van der Waals surface area contributed by atoms with Crippen LogP contribution in [0.4, 0.5) is 57.1 Å². The Morgan fingerprint density at radius 2 is 1.00 bits per heavy atom. The van der Waals surface area contributed by atoms with Crippen molar-refractivity contribution in [2.75, 3.05) is 0 Å². The summed E-state index contributed by atoms with van der Waals surface area (Å²) in [6, 6.07) is -0.453. The Hall–Kier alpha value is -1.69. The van der Waals surface area contributed by atoms with Crippen LogP contribution in [0.15, 0.2) is 24.3 Å². The van der Waals surface area contributed by atoms with Crippen molar-refractivity contribution in [3.05, 3.63) is 35.4 Å². The van der Waals surface area contributed by atoms with Gasteiger partial charge in [0.25, 0.3) is 0 Å². The lowest BCUT2D eigenvalue weighted by atomic mass is 9.85. The third kappa shape index (κ3) is 3.94. The molecule has 0 aliphatic carbocycles. The van der Waals surface area contributed by atoms with E-state index in [2.05, 4.69) is 0 Å². The summed E-state index contributed by atoms with van der Waals surface area (Å²) in [7, 11) is 0. The second kappa shape index (κ2) is 5.94. The van der Waals surface area contributed by atoms with E-state index in [4.69, 9.17) is 0 Å². The Morgan fingerprint density at radius 3 is 1.32 bits per heavy atom. The summed E-state index contributed by atoms with van der Waals surface area (Å²) in [6.45, 7) is 0. The third-order valence-electron chi connectivity index (χ3n) is 3.03. The molecule has 0 aromatic heterocycles. The molecule has 0 heterocycles. The van der Waals surface area contributed by atoms with Gasteiger partial charge in [-0.05, 0) is 11.6 Å². The zero-order valence-electron chi connectivity index (χ0n) is 11.3. The zero-order chi connectivity index (χ0) is 20.1. The smallest absolute Gasteiger partial charge is 0.195 e. The van der Waals surface area contributed by atoms with Gasteiger partial charge in [0.15, 0.2) is 0 Å². The molecule has 0 radical (unpaired) electrons. The highest BCUT2D eigenvalue weighted by atomic mass is 19.4. The second-order valence-corrected chi connectivity index (χ2v) is 4.80. The summed E-state index contributed by atoms with van der Waals surface area (Å²) in [5, 5.41) is 0. The van der Waals surface area contributed by atoms with E-state index in [1.165, 1.54) is 0 Å². The normalized spacial score (nSPS) is 15.0. The second-order valence-electron chi connectivity index (χ2n) is 4.80. The molecule has 144 valence electrons. The van der Waals surface area contributed by atoms with E-state index in [9.17, 15) is 57.1 Å². The summed E-state index contributed by atoms with van der Waals surface area (Å²) < 4.78 is 165. The van der Waals surface area contributed by atoms with Crippen molar-refractivity contribution in [3.63, 3.8) is 0 Å². The molecule has 0 nitrogen and oxygen atoms in total. The highest BCUT2D eigenvalue weighted by Crippen LogP contribution is 2.57. The topological polar surface area (TPSA) is 0 Å². The van der Waals surface area contributed by atoms with Gasteiger partial charge in [0, 0.05) is 0 Å². The maximum Gasteiger partial charge on any atom is 0.454 e. The Balaban J connectivity index is 3.71. The number of alkyl halides is 13. The molecule has 0 bridgehead atoms. The van der Waals surface area contributed by atoms with Crippen LogP contribution in [0, 0.1) is 0 Å². The summed E-state index contributed by atoms with van der Waals surface area (Å²) in [6.07, 6.45) is -19.1. The molecule has 0 saturated heterocycles. The van der Waals surface area contributed by atoms with E-state index >= 15 is 0 Å². The van der Waals surface area contributed by atoms with Crippen LogP contribution >= 0.6 is 0 Å². The summed E-state index contributed by atoms with van der Waals surface area (Å²) in [5.41, 5.74) is -4.13. The Morgan fingerprint density at radius 1 is 0.600 bits per heavy atom. The van der Waals surface area contributed by atoms with Crippen molar-refractivity contribution in [2.45, 2.75) is 36.3 Å². The number of halogens is 13. The van der Waals surface area contributed by atoms with Crippen LogP contribution in [0.3, 0.4) is 0 Å². The average Bonchev–Trinajstić information content (AvgIpc) is 2.34. The van der Waals surface area contributed by atoms with E-state index in [-0.39, 0.29) is 18.2 Å². The molecule has 0 spiro atoms. The minimum Gasteiger partial charge on any atom is -0.195 e. The molecule has 0 aliphatic heterocycles. The van der Waals surface area contributed by atoms with Crippen LogP contribution in [-0.2, 0) is 6.18 Å². The van der Waals surface area contributed by atoms with Crippen LogP contribution in [0.2, 0.25) is 0 Å². The fourth-order valence-electron chi connectivity index (χ4n) is 1.87. The van der Waals surface area contributed by atoms with E-state index in [0.717, 1.165) is 0 Å². The monoisotopic (exact) mass is 396 g/mol. The predicted octanol–water partition coefficient (Wildman–Crippen LogP) is 6.18. The van der Waals surface area contributed by atoms with Gasteiger partial charge >= 0.3 is 30.4 Å². The van der Waals surface area contributed by atoms with Crippen molar-refractivity contribution < 1.29 is 57.1 Å². The summed E-state index contributed by atoms with van der Waals surface area (Å²) in [4.78, 5) is 0. The number of hydrogen-bond acceptors (Lipinski definition) is 0. The average molecular weight is 396 g/mol. The molecule has 13 heteroatoms. The van der Waals surface area contributed by atoms with E-state index in [1.54, 1.807) is 0 Å². The summed E-state index contributed by atoms with van der Waals surface area (Å²) >= 11 is 0. The molecule has 0 aliphatic rings. The lowest BCUT2D eigenvalue weighted by molar-refractivity contribution is -0.354. The first kappa shape index (κ1) is 21.4. The van der Waals surface area contributed by atoms with Gasteiger partial charge in [0.1, 0.15) is 5.92 Å². The van der Waals surface area contributed by atoms with Crippen molar-refractivity contribution in [3.8, 4) is 0 Å². The third-order valence-corrected chi connectivity index (χ3v) is 3.03. The molecule has 0 saturated carbocycles. The van der Waals surface area contributed by atoms with Crippen LogP contribution in [0.5, 0.6) is 0 Å². The first-order chi connectivity index (χ1) is 10.8. The molecule has 0 atom stereocenters. The largest absolute Gasteiger partial charge is 0.454 e. The maximum atomic E-state index is 13.3. The van der Waals surface area contributed by atoms with Crippen molar-refractivity contribution in [1.82, 2.24) is 0 Å². The summed E-state index contributed by atoms with van der Waals surface area (Å²) in [5.74, 6) is -18.3. The molecular weight excluding hydrogens is 391 g/mol. The quantitative estimate of drug-likeness (QED) is 0.535. The Kier molecular flexibility index (Phi) is 5.07. The molecule has 1 rings (SSSR count). The number of hydrogen-bond donors (Lipinski definition) is 0. The molecule has 25 heavy (non-hydrogen) atoms. The van der Waals surface area contributed by atoms with Crippen LogP contribution < -0.4 is 0 Å². The highest BCUT2D eigenvalue weighted by molar-refractivity contribution is 5.32. The lowest BCUT2D eigenvalue weighted by Gasteiger charge is -2.35. The number of rotatable bonds is 3. The molecular formula is C12H5F13. The van der Waals surface area contributed by atoms with Gasteiger partial charge in [-0.1, -0.05) is 18.2 Å². The Labute approximate surface area is 130 Å².